The number of amides is 1. The number of carbonyl (C=O) groups is 1. The van der Waals surface area contributed by atoms with E-state index in [4.69, 9.17) is 10.5 Å². The van der Waals surface area contributed by atoms with Crippen LogP contribution in [0.4, 0.5) is 0 Å². The Balaban J connectivity index is 3.94. The minimum Gasteiger partial charge on any atom is -0.376 e. The maximum atomic E-state index is 11.3. The van der Waals surface area contributed by atoms with E-state index in [1.165, 1.54) is 6.42 Å². The molecular weight excluding hydrogens is 204 g/mol. The molecule has 4 heteroatoms. The van der Waals surface area contributed by atoms with Crippen molar-refractivity contribution in [3.05, 3.63) is 0 Å². The fourth-order valence-electron chi connectivity index (χ4n) is 1.58. The lowest BCUT2D eigenvalue weighted by molar-refractivity contribution is -0.125. The highest BCUT2D eigenvalue weighted by atomic mass is 16.5. The van der Waals surface area contributed by atoms with E-state index < -0.39 is 6.04 Å². The van der Waals surface area contributed by atoms with Gasteiger partial charge in [0.2, 0.25) is 5.91 Å². The Hall–Kier alpha value is -0.610. The smallest absolute Gasteiger partial charge is 0.239 e. The van der Waals surface area contributed by atoms with E-state index in [2.05, 4.69) is 19.2 Å². The van der Waals surface area contributed by atoms with Gasteiger partial charge >= 0.3 is 0 Å². The molecule has 0 aliphatic rings. The summed E-state index contributed by atoms with van der Waals surface area (Å²) in [6.45, 7) is 6.87. The van der Waals surface area contributed by atoms with Gasteiger partial charge in [0.25, 0.3) is 0 Å². The van der Waals surface area contributed by atoms with Gasteiger partial charge < -0.3 is 15.8 Å². The van der Waals surface area contributed by atoms with E-state index in [1.807, 2.05) is 6.92 Å². The van der Waals surface area contributed by atoms with E-state index >= 15 is 0 Å². The average molecular weight is 230 g/mol. The molecule has 0 aliphatic carbocycles. The van der Waals surface area contributed by atoms with Gasteiger partial charge in [-0.2, -0.15) is 0 Å². The van der Waals surface area contributed by atoms with Crippen molar-refractivity contribution in [3.63, 3.8) is 0 Å². The van der Waals surface area contributed by atoms with Crippen LogP contribution >= 0.6 is 0 Å². The molecule has 0 aliphatic heterocycles. The summed E-state index contributed by atoms with van der Waals surface area (Å²) in [5.41, 5.74) is 5.74. The predicted molar refractivity (Wildman–Crippen MR) is 66.1 cm³/mol. The number of nitrogens with two attached hydrogens (primary N) is 1. The van der Waals surface area contributed by atoms with Gasteiger partial charge in [0, 0.05) is 13.7 Å². The average Bonchev–Trinajstić information content (AvgIpc) is 2.31. The van der Waals surface area contributed by atoms with Crippen LogP contribution in [0.3, 0.4) is 0 Å². The summed E-state index contributed by atoms with van der Waals surface area (Å²) in [7, 11) is 1.58. The van der Waals surface area contributed by atoms with E-state index in [0.29, 0.717) is 12.5 Å². The molecule has 96 valence electrons. The maximum Gasteiger partial charge on any atom is 0.239 e. The second kappa shape index (κ2) is 8.53. The highest BCUT2D eigenvalue weighted by Gasteiger charge is 2.21. The molecule has 0 aromatic carbocycles. The number of hydrogen-bond donors (Lipinski definition) is 2. The topological polar surface area (TPSA) is 64.3 Å². The zero-order chi connectivity index (χ0) is 12.6. The molecule has 3 unspecified atom stereocenters. The van der Waals surface area contributed by atoms with Crippen LogP contribution in [0.2, 0.25) is 0 Å². The fraction of sp³-hybridized carbons (Fsp3) is 0.917. The fourth-order valence-corrected chi connectivity index (χ4v) is 1.58. The molecule has 3 atom stereocenters. The van der Waals surface area contributed by atoms with E-state index in [-0.39, 0.29) is 12.0 Å². The summed E-state index contributed by atoms with van der Waals surface area (Å²) < 4.78 is 5.65. The molecule has 0 radical (unpaired) electrons. The van der Waals surface area contributed by atoms with Crippen molar-refractivity contribution in [2.24, 2.45) is 11.7 Å². The van der Waals surface area contributed by atoms with Crippen molar-refractivity contribution in [2.45, 2.75) is 52.2 Å². The summed E-state index contributed by atoms with van der Waals surface area (Å²) in [5, 5.41) is 2.53. The Morgan fingerprint density at radius 3 is 2.50 bits per heavy atom. The Morgan fingerprint density at radius 2 is 2.06 bits per heavy atom. The van der Waals surface area contributed by atoms with Crippen LogP contribution in [0.5, 0.6) is 0 Å². The van der Waals surface area contributed by atoms with E-state index in [9.17, 15) is 4.79 Å². The molecule has 0 fully saturated rings. The third-order valence-corrected chi connectivity index (χ3v) is 2.92. The van der Waals surface area contributed by atoms with Crippen LogP contribution in [0, 0.1) is 5.92 Å². The number of ether oxygens (including phenoxy) is 1. The highest BCUT2D eigenvalue weighted by Crippen LogP contribution is 2.12. The van der Waals surface area contributed by atoms with Gasteiger partial charge in [0.15, 0.2) is 0 Å². The monoisotopic (exact) mass is 230 g/mol. The quantitative estimate of drug-likeness (QED) is 0.660. The minimum absolute atomic E-state index is 0.170. The summed E-state index contributed by atoms with van der Waals surface area (Å²) in [5.74, 6) is 0.403. The lowest BCUT2D eigenvalue weighted by atomic mass is 10.0. The van der Waals surface area contributed by atoms with Gasteiger partial charge in [0.1, 0.15) is 6.04 Å². The molecule has 0 heterocycles. The van der Waals surface area contributed by atoms with Crippen molar-refractivity contribution < 1.29 is 9.53 Å². The normalized spacial score (nSPS) is 16.6. The van der Waals surface area contributed by atoms with Crippen LogP contribution in [-0.4, -0.2) is 31.7 Å². The zero-order valence-corrected chi connectivity index (χ0v) is 11.0. The van der Waals surface area contributed by atoms with Crippen molar-refractivity contribution in [3.8, 4) is 0 Å². The number of nitrogens with one attached hydrogen (secondary N) is 1. The zero-order valence-electron chi connectivity index (χ0n) is 11.0. The first-order chi connectivity index (χ1) is 7.56. The SMILES string of the molecule is CCCC(CC)COC(C)C(N)C(=O)NC. The molecular formula is C12H26N2O2. The summed E-state index contributed by atoms with van der Waals surface area (Å²) >= 11 is 0. The van der Waals surface area contributed by atoms with Crippen LogP contribution in [0.25, 0.3) is 0 Å². The first-order valence-corrected chi connectivity index (χ1v) is 6.15. The number of carbonyl (C=O) groups excluding carboxylic acids is 1. The molecule has 0 saturated heterocycles. The molecule has 4 nitrogen and oxygen atoms in total. The minimum atomic E-state index is -0.580. The van der Waals surface area contributed by atoms with Gasteiger partial charge in [0.05, 0.1) is 6.10 Å². The molecule has 16 heavy (non-hydrogen) atoms. The largest absolute Gasteiger partial charge is 0.376 e. The van der Waals surface area contributed by atoms with Gasteiger partial charge in [-0.1, -0.05) is 26.7 Å². The predicted octanol–water partition coefficient (Wildman–Crippen LogP) is 1.29. The molecule has 0 bridgehead atoms. The van der Waals surface area contributed by atoms with Gasteiger partial charge in [-0.3, -0.25) is 4.79 Å². The molecule has 0 aromatic heterocycles. The van der Waals surface area contributed by atoms with Crippen LogP contribution in [-0.2, 0) is 9.53 Å². The van der Waals surface area contributed by atoms with E-state index in [1.54, 1.807) is 7.05 Å². The second-order valence-corrected chi connectivity index (χ2v) is 4.24. The summed E-state index contributed by atoms with van der Waals surface area (Å²) in [6.07, 6.45) is 3.21. The van der Waals surface area contributed by atoms with Crippen molar-refractivity contribution in [1.29, 1.82) is 0 Å². The standard InChI is InChI=1S/C12H26N2O2/c1-5-7-10(6-2)8-16-9(3)11(13)12(15)14-4/h9-11H,5-8,13H2,1-4H3,(H,14,15). The van der Waals surface area contributed by atoms with Gasteiger partial charge in [-0.05, 0) is 19.3 Å². The van der Waals surface area contributed by atoms with Crippen LogP contribution < -0.4 is 11.1 Å². The second-order valence-electron chi connectivity index (χ2n) is 4.24. The van der Waals surface area contributed by atoms with Gasteiger partial charge in [-0.25, -0.2) is 0 Å². The van der Waals surface area contributed by atoms with Crippen LogP contribution in [0.15, 0.2) is 0 Å². The lowest BCUT2D eigenvalue weighted by Crippen LogP contribution is -2.47. The highest BCUT2D eigenvalue weighted by molar-refractivity contribution is 5.81. The first kappa shape index (κ1) is 15.4. The third kappa shape index (κ3) is 5.47. The number of likely N-dealkylation sites (N-methyl/N-ethyl adjacent to an activating group) is 1. The van der Waals surface area contributed by atoms with Crippen molar-refractivity contribution in [2.75, 3.05) is 13.7 Å². The Labute approximate surface area is 98.9 Å². The number of rotatable bonds is 8. The lowest BCUT2D eigenvalue weighted by Gasteiger charge is -2.22. The number of hydrogen-bond acceptors (Lipinski definition) is 3. The third-order valence-electron chi connectivity index (χ3n) is 2.92. The van der Waals surface area contributed by atoms with Crippen molar-refractivity contribution in [1.82, 2.24) is 5.32 Å². The van der Waals surface area contributed by atoms with Crippen molar-refractivity contribution >= 4 is 5.91 Å². The Bertz CT molecular complexity index is 197. The maximum absolute atomic E-state index is 11.3. The molecule has 0 aromatic rings. The molecule has 0 spiro atoms. The van der Waals surface area contributed by atoms with Crippen LogP contribution in [0.1, 0.15) is 40.0 Å². The Kier molecular flexibility index (Phi) is 8.21. The van der Waals surface area contributed by atoms with E-state index in [0.717, 1.165) is 12.8 Å². The summed E-state index contributed by atoms with van der Waals surface area (Å²) in [4.78, 5) is 11.3. The Morgan fingerprint density at radius 1 is 1.44 bits per heavy atom. The molecule has 3 N–H and O–H groups in total. The molecule has 0 rings (SSSR count). The first-order valence-electron chi connectivity index (χ1n) is 6.15. The summed E-state index contributed by atoms with van der Waals surface area (Å²) in [6, 6.07) is -0.580. The molecule has 0 saturated carbocycles. The van der Waals surface area contributed by atoms with Gasteiger partial charge in [-0.15, -0.1) is 0 Å². The molecule has 1 amide bonds.